The predicted molar refractivity (Wildman–Crippen MR) is 108 cm³/mol. The van der Waals surface area contributed by atoms with Crippen molar-refractivity contribution in [2.75, 3.05) is 23.0 Å². The van der Waals surface area contributed by atoms with Crippen molar-refractivity contribution in [2.24, 2.45) is 0 Å². The number of nitrogens with two attached hydrogens (primary N) is 1. The molecular weight excluding hydrogens is 384 g/mol. The van der Waals surface area contributed by atoms with E-state index in [2.05, 4.69) is 0 Å². The average Bonchev–Trinajstić information content (AvgIpc) is 3.00. The number of quaternary nitrogens is 1. The van der Waals surface area contributed by atoms with E-state index < -0.39 is 9.84 Å². The summed E-state index contributed by atoms with van der Waals surface area (Å²) in [7, 11) is -3.08. The van der Waals surface area contributed by atoms with Crippen LogP contribution in [-0.4, -0.2) is 38.4 Å². The maximum absolute atomic E-state index is 13.0. The Morgan fingerprint density at radius 1 is 1.19 bits per heavy atom. The number of para-hydroxylation sites is 1. The fourth-order valence-corrected chi connectivity index (χ4v) is 5.23. The van der Waals surface area contributed by atoms with E-state index in [1.54, 1.807) is 4.90 Å². The Morgan fingerprint density at radius 2 is 1.85 bits per heavy atom. The van der Waals surface area contributed by atoms with Gasteiger partial charge in [-0.05, 0) is 37.6 Å². The van der Waals surface area contributed by atoms with E-state index >= 15 is 0 Å². The summed E-state index contributed by atoms with van der Waals surface area (Å²) >= 11 is 5.93. The first-order chi connectivity index (χ1) is 12.9. The summed E-state index contributed by atoms with van der Waals surface area (Å²) in [6.07, 6.45) is 0.482. The van der Waals surface area contributed by atoms with Gasteiger partial charge in [0.2, 0.25) is 0 Å². The molecule has 0 spiro atoms. The summed E-state index contributed by atoms with van der Waals surface area (Å²) in [5.74, 6) is 0.0867. The molecule has 144 valence electrons. The molecule has 5 nitrogen and oxygen atoms in total. The highest BCUT2D eigenvalue weighted by Gasteiger charge is 2.36. The lowest BCUT2D eigenvalue weighted by Gasteiger charge is -2.28. The minimum absolute atomic E-state index is 0.0281. The molecule has 1 saturated heterocycles. The normalized spacial score (nSPS) is 19.6. The van der Waals surface area contributed by atoms with Gasteiger partial charge in [-0.1, -0.05) is 41.9 Å². The van der Waals surface area contributed by atoms with Gasteiger partial charge in [0.05, 0.1) is 17.5 Å². The number of sulfone groups is 1. The fourth-order valence-electron chi connectivity index (χ4n) is 3.40. The Labute approximate surface area is 165 Å². The fraction of sp³-hybridized carbons (Fsp3) is 0.350. The highest BCUT2D eigenvalue weighted by Crippen LogP contribution is 2.24. The SMILES string of the molecule is C[C@H]([NH2+]CC(=O)N(c1ccccc1)[C@H]1CCS(=O)(=O)C1)c1ccc(Cl)cc1. The van der Waals surface area contributed by atoms with Crippen LogP contribution in [0.25, 0.3) is 0 Å². The largest absolute Gasteiger partial charge is 0.333 e. The molecule has 0 radical (unpaired) electrons. The second kappa shape index (κ2) is 8.42. The monoisotopic (exact) mass is 407 g/mol. The van der Waals surface area contributed by atoms with Gasteiger partial charge in [0.1, 0.15) is 6.04 Å². The molecule has 1 amide bonds. The minimum Gasteiger partial charge on any atom is -0.333 e. The summed E-state index contributed by atoms with van der Waals surface area (Å²) in [6.45, 7) is 2.28. The van der Waals surface area contributed by atoms with Crippen LogP contribution in [0.5, 0.6) is 0 Å². The van der Waals surface area contributed by atoms with Crippen molar-refractivity contribution in [3.05, 3.63) is 65.2 Å². The number of halogens is 1. The molecule has 2 N–H and O–H groups in total. The molecule has 2 atom stereocenters. The highest BCUT2D eigenvalue weighted by atomic mass is 35.5. The van der Waals surface area contributed by atoms with E-state index in [9.17, 15) is 13.2 Å². The van der Waals surface area contributed by atoms with Crippen LogP contribution in [0.4, 0.5) is 5.69 Å². The molecule has 0 unspecified atom stereocenters. The molecule has 2 aromatic rings. The quantitative estimate of drug-likeness (QED) is 0.797. The van der Waals surface area contributed by atoms with Crippen LogP contribution < -0.4 is 10.2 Å². The van der Waals surface area contributed by atoms with Gasteiger partial charge < -0.3 is 10.2 Å². The average molecular weight is 408 g/mol. The number of amides is 1. The Hall–Kier alpha value is -1.89. The molecule has 27 heavy (non-hydrogen) atoms. The third-order valence-electron chi connectivity index (χ3n) is 4.92. The van der Waals surface area contributed by atoms with Gasteiger partial charge in [0.15, 0.2) is 16.4 Å². The van der Waals surface area contributed by atoms with Crippen molar-refractivity contribution in [3.8, 4) is 0 Å². The van der Waals surface area contributed by atoms with Gasteiger partial charge >= 0.3 is 0 Å². The summed E-state index contributed by atoms with van der Waals surface area (Å²) in [5.41, 5.74) is 1.83. The van der Waals surface area contributed by atoms with Crippen LogP contribution in [0.15, 0.2) is 54.6 Å². The Kier molecular flexibility index (Phi) is 6.19. The lowest BCUT2D eigenvalue weighted by atomic mass is 10.1. The standard InChI is InChI=1S/C20H23ClN2O3S/c1-15(16-7-9-17(21)10-8-16)22-13-20(24)23(18-5-3-2-4-6-18)19-11-12-27(25,26)14-19/h2-10,15,19,22H,11-14H2,1H3/p+1/t15-,19-/m0/s1. The van der Waals surface area contributed by atoms with Crippen LogP contribution in [0.3, 0.4) is 0 Å². The number of carbonyl (C=O) groups is 1. The molecule has 1 aliphatic heterocycles. The molecule has 1 fully saturated rings. The van der Waals surface area contributed by atoms with Gasteiger partial charge in [0, 0.05) is 16.3 Å². The lowest BCUT2D eigenvalue weighted by molar-refractivity contribution is -0.682. The Balaban J connectivity index is 1.72. The van der Waals surface area contributed by atoms with Crippen molar-refractivity contribution < 1.29 is 18.5 Å². The number of rotatable bonds is 6. The topological polar surface area (TPSA) is 71.1 Å². The number of hydrogen-bond donors (Lipinski definition) is 1. The number of hydrogen-bond acceptors (Lipinski definition) is 3. The molecule has 1 heterocycles. The number of carbonyl (C=O) groups excluding carboxylic acids is 1. The Morgan fingerprint density at radius 3 is 2.44 bits per heavy atom. The van der Waals surface area contributed by atoms with Gasteiger partial charge in [-0.2, -0.15) is 0 Å². The lowest BCUT2D eigenvalue weighted by Crippen LogP contribution is -2.87. The van der Waals surface area contributed by atoms with Gasteiger partial charge in [-0.3, -0.25) is 4.79 Å². The van der Waals surface area contributed by atoms with Crippen LogP contribution in [0, 0.1) is 0 Å². The van der Waals surface area contributed by atoms with Gasteiger partial charge in [-0.25, -0.2) is 8.42 Å². The first-order valence-electron chi connectivity index (χ1n) is 9.02. The zero-order valence-corrected chi connectivity index (χ0v) is 16.8. The molecule has 7 heteroatoms. The zero-order valence-electron chi connectivity index (χ0n) is 15.2. The third-order valence-corrected chi connectivity index (χ3v) is 6.92. The van der Waals surface area contributed by atoms with Crippen molar-refractivity contribution in [1.82, 2.24) is 0 Å². The predicted octanol–water partition coefficient (Wildman–Crippen LogP) is 2.18. The van der Waals surface area contributed by atoms with E-state index in [1.165, 1.54) is 0 Å². The van der Waals surface area contributed by atoms with E-state index in [-0.39, 0.29) is 36.0 Å². The second-order valence-corrected chi connectivity index (χ2v) is 9.60. The maximum Gasteiger partial charge on any atom is 0.282 e. The molecule has 0 bridgehead atoms. The first kappa shape index (κ1) is 19.9. The molecule has 0 saturated carbocycles. The number of nitrogens with zero attached hydrogens (tertiary/aromatic N) is 1. The molecule has 2 aromatic carbocycles. The summed E-state index contributed by atoms with van der Waals surface area (Å²) in [5, 5.41) is 2.64. The first-order valence-corrected chi connectivity index (χ1v) is 11.2. The smallest absolute Gasteiger partial charge is 0.282 e. The van der Waals surface area contributed by atoms with Crippen molar-refractivity contribution in [1.29, 1.82) is 0 Å². The van der Waals surface area contributed by atoms with Crippen molar-refractivity contribution >= 4 is 33.0 Å². The second-order valence-electron chi connectivity index (χ2n) is 6.94. The molecule has 1 aliphatic rings. The van der Waals surface area contributed by atoms with Crippen LogP contribution in [0.1, 0.15) is 24.9 Å². The van der Waals surface area contributed by atoms with Gasteiger partial charge in [-0.15, -0.1) is 0 Å². The Bertz CT molecular complexity index is 885. The number of anilines is 1. The van der Waals surface area contributed by atoms with E-state index in [0.717, 1.165) is 11.3 Å². The summed E-state index contributed by atoms with van der Waals surface area (Å²) in [4.78, 5) is 14.7. The van der Waals surface area contributed by atoms with Crippen LogP contribution in [-0.2, 0) is 14.6 Å². The molecule has 0 aliphatic carbocycles. The van der Waals surface area contributed by atoms with Gasteiger partial charge in [0.25, 0.3) is 5.91 Å². The van der Waals surface area contributed by atoms with Crippen LogP contribution in [0.2, 0.25) is 5.02 Å². The maximum atomic E-state index is 13.0. The third kappa shape index (κ3) is 5.09. The van der Waals surface area contributed by atoms with Crippen LogP contribution >= 0.6 is 11.6 Å². The molecular formula is C20H24ClN2O3S+. The van der Waals surface area contributed by atoms with E-state index in [0.29, 0.717) is 11.4 Å². The van der Waals surface area contributed by atoms with Crippen molar-refractivity contribution in [2.45, 2.75) is 25.4 Å². The molecule has 3 rings (SSSR count). The van der Waals surface area contributed by atoms with E-state index in [4.69, 9.17) is 11.6 Å². The summed E-state index contributed by atoms with van der Waals surface area (Å²) in [6, 6.07) is 16.7. The zero-order chi connectivity index (χ0) is 19.4. The molecule has 0 aromatic heterocycles. The van der Waals surface area contributed by atoms with E-state index in [1.807, 2.05) is 66.8 Å². The summed E-state index contributed by atoms with van der Waals surface area (Å²) < 4.78 is 23.8. The highest BCUT2D eigenvalue weighted by molar-refractivity contribution is 7.91. The van der Waals surface area contributed by atoms with Crippen molar-refractivity contribution in [3.63, 3.8) is 0 Å². The number of benzene rings is 2. The minimum atomic E-state index is -3.08.